The lowest BCUT2D eigenvalue weighted by Crippen LogP contribution is -2.28. The number of thiophene rings is 1. The molecule has 3 N–H and O–H groups in total. The van der Waals surface area contributed by atoms with Crippen LogP contribution in [0.15, 0.2) is 46.9 Å². The topological polar surface area (TPSA) is 85.8 Å². The van der Waals surface area contributed by atoms with Gasteiger partial charge in [0.15, 0.2) is 5.82 Å². The van der Waals surface area contributed by atoms with Gasteiger partial charge in [-0.1, -0.05) is 41.6 Å². The lowest BCUT2D eigenvalue weighted by molar-refractivity contribution is -0.119. The number of amides is 1. The molecular weight excluding hydrogens is 378 g/mol. The van der Waals surface area contributed by atoms with Crippen molar-refractivity contribution in [1.82, 2.24) is 20.2 Å². The molecule has 0 saturated heterocycles. The Morgan fingerprint density at radius 2 is 2.12 bits per heavy atom. The Kier molecular flexibility index (Phi) is 5.62. The second-order valence-electron chi connectivity index (χ2n) is 5.28. The van der Waals surface area contributed by atoms with Crippen molar-refractivity contribution < 1.29 is 4.79 Å². The zero-order chi connectivity index (χ0) is 17.8. The van der Waals surface area contributed by atoms with Crippen molar-refractivity contribution in [2.45, 2.75) is 18.1 Å². The molecule has 0 spiro atoms. The first-order valence-electron chi connectivity index (χ1n) is 7.46. The van der Waals surface area contributed by atoms with E-state index in [9.17, 15) is 4.79 Å². The van der Waals surface area contributed by atoms with Crippen LogP contribution < -0.4 is 11.2 Å². The number of carbonyl (C=O) groups excluding carboxylic acids is 1. The molecule has 0 aliphatic heterocycles. The molecule has 0 fully saturated rings. The average molecular weight is 394 g/mol. The van der Waals surface area contributed by atoms with Crippen LogP contribution in [0, 0.1) is 0 Å². The minimum absolute atomic E-state index is 0.104. The third-order valence-electron chi connectivity index (χ3n) is 3.49. The van der Waals surface area contributed by atoms with Gasteiger partial charge in [-0.15, -0.1) is 21.5 Å². The molecule has 0 aliphatic rings. The molecule has 1 aromatic carbocycles. The molecule has 3 aromatic rings. The SMILES string of the molecule is C[C@H](NC(=O)CSc1nnc(-c2cccs2)n1N)c1ccc(Cl)cc1. The molecule has 2 aromatic heterocycles. The summed E-state index contributed by atoms with van der Waals surface area (Å²) in [6, 6.07) is 11.1. The van der Waals surface area contributed by atoms with Gasteiger partial charge in [-0.2, -0.15) is 0 Å². The fraction of sp³-hybridized carbons (Fsp3) is 0.188. The number of nitrogens with one attached hydrogen (secondary N) is 1. The summed E-state index contributed by atoms with van der Waals surface area (Å²) in [7, 11) is 0. The number of thioether (sulfide) groups is 1. The molecule has 6 nitrogen and oxygen atoms in total. The lowest BCUT2D eigenvalue weighted by atomic mass is 10.1. The first-order chi connectivity index (χ1) is 12.0. The number of nitrogen functional groups attached to an aromatic ring is 1. The second kappa shape index (κ2) is 7.90. The maximum Gasteiger partial charge on any atom is 0.230 e. The number of aromatic nitrogens is 3. The molecule has 130 valence electrons. The Morgan fingerprint density at radius 3 is 2.80 bits per heavy atom. The third-order valence-corrected chi connectivity index (χ3v) is 5.55. The summed E-state index contributed by atoms with van der Waals surface area (Å²) >= 11 is 8.66. The highest BCUT2D eigenvalue weighted by molar-refractivity contribution is 7.99. The summed E-state index contributed by atoms with van der Waals surface area (Å²) < 4.78 is 1.41. The normalized spacial score (nSPS) is 12.1. The molecule has 3 rings (SSSR count). The fourth-order valence-corrected chi connectivity index (χ4v) is 3.70. The Hall–Kier alpha value is -2.03. The van der Waals surface area contributed by atoms with Crippen LogP contribution in [0.25, 0.3) is 10.7 Å². The smallest absolute Gasteiger partial charge is 0.230 e. The molecule has 1 amide bonds. The number of nitrogens with two attached hydrogens (primary N) is 1. The quantitative estimate of drug-likeness (QED) is 0.495. The number of rotatable bonds is 6. The standard InChI is InChI=1S/C16H16ClN5OS2/c1-10(11-4-6-12(17)7-5-11)19-14(23)9-25-16-21-20-15(22(16)18)13-3-2-8-24-13/h2-8,10H,9,18H2,1H3,(H,19,23)/t10-/m0/s1. The summed E-state index contributed by atoms with van der Waals surface area (Å²) in [6.07, 6.45) is 0. The maximum absolute atomic E-state index is 12.2. The molecular formula is C16H16ClN5OS2. The first kappa shape index (κ1) is 17.8. The molecule has 0 radical (unpaired) electrons. The van der Waals surface area contributed by atoms with E-state index in [2.05, 4.69) is 15.5 Å². The summed E-state index contributed by atoms with van der Waals surface area (Å²) in [5.41, 5.74) is 0.990. The second-order valence-corrected chi connectivity index (χ2v) is 7.61. The Bertz CT molecular complexity index is 848. The number of hydrogen-bond donors (Lipinski definition) is 2. The van der Waals surface area contributed by atoms with Gasteiger partial charge in [0.05, 0.1) is 16.7 Å². The van der Waals surface area contributed by atoms with E-state index in [1.807, 2.05) is 36.6 Å². The van der Waals surface area contributed by atoms with Gasteiger partial charge in [0.2, 0.25) is 11.1 Å². The summed E-state index contributed by atoms with van der Waals surface area (Å²) in [4.78, 5) is 13.1. The first-order valence-corrected chi connectivity index (χ1v) is 9.71. The minimum Gasteiger partial charge on any atom is -0.349 e. The fourth-order valence-electron chi connectivity index (χ4n) is 2.20. The predicted molar refractivity (Wildman–Crippen MR) is 102 cm³/mol. The third kappa shape index (κ3) is 4.33. The van der Waals surface area contributed by atoms with E-state index in [0.29, 0.717) is 16.0 Å². The Labute approximate surface area is 158 Å². The van der Waals surface area contributed by atoms with E-state index in [-0.39, 0.29) is 17.7 Å². The zero-order valence-electron chi connectivity index (χ0n) is 13.3. The Balaban J connectivity index is 1.56. The largest absolute Gasteiger partial charge is 0.349 e. The average Bonchev–Trinajstić information content (AvgIpc) is 3.23. The number of hydrogen-bond acceptors (Lipinski definition) is 6. The van der Waals surface area contributed by atoms with E-state index in [0.717, 1.165) is 10.4 Å². The molecule has 0 unspecified atom stereocenters. The van der Waals surface area contributed by atoms with Crippen LogP contribution in [-0.2, 0) is 4.79 Å². The summed E-state index contributed by atoms with van der Waals surface area (Å²) in [5, 5.41) is 14.2. The van der Waals surface area contributed by atoms with Gasteiger partial charge in [0, 0.05) is 5.02 Å². The van der Waals surface area contributed by atoms with Crippen LogP contribution in [0.4, 0.5) is 0 Å². The number of halogens is 1. The minimum atomic E-state index is -0.109. The predicted octanol–water partition coefficient (Wildman–Crippen LogP) is 3.34. The molecule has 1 atom stereocenters. The molecule has 0 bridgehead atoms. The maximum atomic E-state index is 12.2. The van der Waals surface area contributed by atoms with Crippen LogP contribution in [0.5, 0.6) is 0 Å². The number of carbonyl (C=O) groups is 1. The van der Waals surface area contributed by atoms with Gasteiger partial charge in [-0.25, -0.2) is 4.68 Å². The lowest BCUT2D eigenvalue weighted by Gasteiger charge is -2.14. The van der Waals surface area contributed by atoms with E-state index >= 15 is 0 Å². The van der Waals surface area contributed by atoms with Crippen molar-refractivity contribution in [2.75, 3.05) is 11.6 Å². The van der Waals surface area contributed by atoms with Gasteiger partial charge in [-0.3, -0.25) is 4.79 Å². The molecule has 9 heteroatoms. The van der Waals surface area contributed by atoms with Gasteiger partial charge in [0.25, 0.3) is 0 Å². The molecule has 0 saturated carbocycles. The van der Waals surface area contributed by atoms with Crippen LogP contribution >= 0.6 is 34.7 Å². The monoisotopic (exact) mass is 393 g/mol. The van der Waals surface area contributed by atoms with Crippen molar-refractivity contribution >= 4 is 40.6 Å². The highest BCUT2D eigenvalue weighted by Gasteiger charge is 2.15. The highest BCUT2D eigenvalue weighted by atomic mass is 35.5. The van der Waals surface area contributed by atoms with Crippen molar-refractivity contribution in [1.29, 1.82) is 0 Å². The van der Waals surface area contributed by atoms with Crippen molar-refractivity contribution in [3.05, 3.63) is 52.4 Å². The van der Waals surface area contributed by atoms with Gasteiger partial charge < -0.3 is 11.2 Å². The van der Waals surface area contributed by atoms with Crippen LogP contribution in [0.1, 0.15) is 18.5 Å². The molecule has 25 heavy (non-hydrogen) atoms. The van der Waals surface area contributed by atoms with Gasteiger partial charge >= 0.3 is 0 Å². The van der Waals surface area contributed by atoms with Crippen molar-refractivity contribution in [2.24, 2.45) is 0 Å². The van der Waals surface area contributed by atoms with Crippen LogP contribution in [-0.4, -0.2) is 26.5 Å². The number of benzene rings is 1. The van der Waals surface area contributed by atoms with Gasteiger partial charge in [-0.05, 0) is 36.1 Å². The van der Waals surface area contributed by atoms with Crippen LogP contribution in [0.3, 0.4) is 0 Å². The van der Waals surface area contributed by atoms with E-state index in [4.69, 9.17) is 17.4 Å². The Morgan fingerprint density at radius 1 is 1.36 bits per heavy atom. The molecule has 0 aliphatic carbocycles. The van der Waals surface area contributed by atoms with E-state index in [1.54, 1.807) is 12.1 Å². The highest BCUT2D eigenvalue weighted by Crippen LogP contribution is 2.25. The van der Waals surface area contributed by atoms with Gasteiger partial charge in [0.1, 0.15) is 0 Å². The van der Waals surface area contributed by atoms with Crippen LogP contribution in [0.2, 0.25) is 5.02 Å². The molecule has 2 heterocycles. The summed E-state index contributed by atoms with van der Waals surface area (Å²) in [6.45, 7) is 1.92. The van der Waals surface area contributed by atoms with Crippen molar-refractivity contribution in [3.8, 4) is 10.7 Å². The van der Waals surface area contributed by atoms with E-state index in [1.165, 1.54) is 27.8 Å². The van der Waals surface area contributed by atoms with E-state index < -0.39 is 0 Å². The zero-order valence-corrected chi connectivity index (χ0v) is 15.7. The van der Waals surface area contributed by atoms with Crippen molar-refractivity contribution in [3.63, 3.8) is 0 Å². The summed E-state index contributed by atoms with van der Waals surface area (Å²) in [5.74, 6) is 6.71. The number of nitrogens with zero attached hydrogens (tertiary/aromatic N) is 3.